The van der Waals surface area contributed by atoms with Gasteiger partial charge in [0.15, 0.2) is 16.6 Å². The molecule has 0 saturated heterocycles. The predicted molar refractivity (Wildman–Crippen MR) is 194 cm³/mol. The SMILES string of the molecule is CCC1CCCC(CC)C1N=C(CCCO[Si](C)(C)C)C(CCCO[Si](C)(C)C)=NC1C(CC)CCCC1CC.[Cl][Ni][Cl]. The van der Waals surface area contributed by atoms with Crippen molar-refractivity contribution in [2.45, 2.75) is 169 Å². The van der Waals surface area contributed by atoms with Gasteiger partial charge in [0.1, 0.15) is 0 Å². The van der Waals surface area contributed by atoms with Crippen molar-refractivity contribution in [3.05, 3.63) is 0 Å². The van der Waals surface area contributed by atoms with E-state index in [0.717, 1.165) is 38.9 Å². The van der Waals surface area contributed by atoms with Gasteiger partial charge in [-0.2, -0.15) is 0 Å². The Morgan fingerprint density at radius 1 is 0.605 bits per heavy atom. The molecule has 2 rings (SSSR count). The average molecular weight is 723 g/mol. The molecule has 0 aromatic rings. The van der Waals surface area contributed by atoms with E-state index in [4.69, 9.17) is 39.2 Å². The van der Waals surface area contributed by atoms with Crippen molar-refractivity contribution in [2.75, 3.05) is 13.2 Å². The van der Waals surface area contributed by atoms with Crippen LogP contribution in [0.1, 0.15) is 118 Å². The summed E-state index contributed by atoms with van der Waals surface area (Å²) in [4.78, 5) is 11.6. The van der Waals surface area contributed by atoms with Crippen molar-refractivity contribution in [1.29, 1.82) is 0 Å². The first-order chi connectivity index (χ1) is 20.3. The molecule has 4 nitrogen and oxygen atoms in total. The summed E-state index contributed by atoms with van der Waals surface area (Å²) in [5.74, 6) is 2.85. The second-order valence-corrected chi connectivity index (χ2v) is 25.5. The van der Waals surface area contributed by atoms with Crippen LogP contribution < -0.4 is 0 Å². The molecule has 0 N–H and O–H groups in total. The molecule has 2 fully saturated rings. The van der Waals surface area contributed by atoms with Crippen molar-refractivity contribution in [3.63, 3.8) is 0 Å². The van der Waals surface area contributed by atoms with E-state index in [0.29, 0.717) is 48.4 Å². The summed E-state index contributed by atoms with van der Waals surface area (Å²) >= 11 is 0.569. The van der Waals surface area contributed by atoms with Crippen LogP contribution in [0.15, 0.2) is 9.98 Å². The Kier molecular flexibility index (Phi) is 21.7. The molecule has 2 aliphatic carbocycles. The van der Waals surface area contributed by atoms with Crippen LogP contribution in [-0.2, 0) is 21.5 Å². The molecule has 0 heterocycles. The molecular weight excluding hydrogens is 654 g/mol. The van der Waals surface area contributed by atoms with Gasteiger partial charge in [-0.15, -0.1) is 0 Å². The molecule has 2 saturated carbocycles. The Balaban J connectivity index is 0.00000295. The number of aliphatic imine (C=N–C) groups is 2. The predicted octanol–water partition coefficient (Wildman–Crippen LogP) is 11.7. The summed E-state index contributed by atoms with van der Waals surface area (Å²) in [6.07, 6.45) is 17.2. The molecular formula is C34H68Cl2N2NiO2Si2. The summed E-state index contributed by atoms with van der Waals surface area (Å²) in [7, 11) is 6.36. The van der Waals surface area contributed by atoms with E-state index in [2.05, 4.69) is 67.0 Å². The summed E-state index contributed by atoms with van der Waals surface area (Å²) < 4.78 is 12.6. The fourth-order valence-electron chi connectivity index (χ4n) is 7.10. The Morgan fingerprint density at radius 3 is 1.12 bits per heavy atom. The van der Waals surface area contributed by atoms with Gasteiger partial charge in [0.05, 0.1) is 23.5 Å². The number of hydrogen-bond donors (Lipinski definition) is 0. The van der Waals surface area contributed by atoms with Crippen LogP contribution in [0, 0.1) is 23.7 Å². The van der Waals surface area contributed by atoms with Gasteiger partial charge in [0.2, 0.25) is 0 Å². The number of halogens is 2. The second kappa shape index (κ2) is 22.4. The van der Waals surface area contributed by atoms with Gasteiger partial charge in [-0.25, -0.2) is 0 Å². The molecule has 0 aromatic carbocycles. The van der Waals surface area contributed by atoms with Gasteiger partial charge in [0, 0.05) is 13.2 Å². The Morgan fingerprint density at radius 2 is 0.884 bits per heavy atom. The standard InChI is InChI=1S/C34H68N2O2Si2.2ClH.Ni/c1-11-27-19-15-20-28(12-2)33(27)35-31(23-17-25-37-39(5,6)7)32(24-18-26-38-40(8,9)10)36-34-29(13-3)21-16-22-30(34)14-4;;;/h27-30,33-34H,11-26H2,1-10H3;2*1H;/q;;;+2/p-2. The van der Waals surface area contributed by atoms with Gasteiger partial charge >= 0.3 is 33.0 Å². The first-order valence-corrected chi connectivity index (χ1v) is 27.1. The van der Waals surface area contributed by atoms with Crippen LogP contribution in [0.5, 0.6) is 0 Å². The van der Waals surface area contributed by atoms with Crippen LogP contribution in [-0.4, -0.2) is 53.4 Å². The monoisotopic (exact) mass is 720 g/mol. The quantitative estimate of drug-likeness (QED) is 0.0852. The van der Waals surface area contributed by atoms with Gasteiger partial charge in [-0.3, -0.25) is 9.98 Å². The Bertz CT molecular complexity index is 716. The molecule has 9 heteroatoms. The zero-order valence-corrected chi connectivity index (χ0v) is 34.1. The van der Waals surface area contributed by atoms with Crippen LogP contribution in [0.2, 0.25) is 39.3 Å². The van der Waals surface area contributed by atoms with E-state index in [1.54, 1.807) is 0 Å². The maximum atomic E-state index is 6.32. The first kappa shape index (κ1) is 41.8. The normalized spacial score (nSPS) is 27.6. The summed E-state index contributed by atoms with van der Waals surface area (Å²) in [5.41, 5.74) is 2.65. The molecule has 0 radical (unpaired) electrons. The van der Waals surface area contributed by atoms with Gasteiger partial charge in [-0.05, 0) is 114 Å². The molecule has 0 bridgehead atoms. The van der Waals surface area contributed by atoms with E-state index in [9.17, 15) is 0 Å². The molecule has 0 amide bonds. The van der Waals surface area contributed by atoms with E-state index >= 15 is 0 Å². The van der Waals surface area contributed by atoms with E-state index in [1.807, 2.05) is 0 Å². The second-order valence-electron chi connectivity index (χ2n) is 14.8. The van der Waals surface area contributed by atoms with E-state index < -0.39 is 16.6 Å². The Labute approximate surface area is 284 Å². The number of nitrogens with zero attached hydrogens (tertiary/aromatic N) is 2. The van der Waals surface area contributed by atoms with Crippen LogP contribution in [0.4, 0.5) is 0 Å². The summed E-state index contributed by atoms with van der Waals surface area (Å²) in [5, 5.41) is 0. The minimum absolute atomic E-state index is 0.454. The van der Waals surface area contributed by atoms with Crippen LogP contribution in [0.3, 0.4) is 0 Å². The minimum atomic E-state index is -1.52. The molecule has 0 aromatic heterocycles. The topological polar surface area (TPSA) is 43.2 Å². The third-order valence-electron chi connectivity index (χ3n) is 9.46. The van der Waals surface area contributed by atoms with E-state index in [1.165, 1.54) is 75.6 Å². The molecule has 2 aliphatic rings. The summed E-state index contributed by atoms with van der Waals surface area (Å²) in [6, 6.07) is 0.908. The number of rotatable bonds is 17. The molecule has 0 spiro atoms. The van der Waals surface area contributed by atoms with Gasteiger partial charge in [-0.1, -0.05) is 66.2 Å². The van der Waals surface area contributed by atoms with Gasteiger partial charge in [0.25, 0.3) is 0 Å². The average Bonchev–Trinajstić information content (AvgIpc) is 2.95. The fourth-order valence-corrected chi connectivity index (χ4v) is 8.62. The zero-order chi connectivity index (χ0) is 32.5. The van der Waals surface area contributed by atoms with Crippen molar-refractivity contribution in [1.82, 2.24) is 0 Å². The Hall–Kier alpha value is 0.767. The van der Waals surface area contributed by atoms with Crippen molar-refractivity contribution in [3.8, 4) is 0 Å². The van der Waals surface area contributed by atoms with Crippen LogP contribution >= 0.6 is 20.4 Å². The van der Waals surface area contributed by atoms with Crippen LogP contribution in [0.25, 0.3) is 0 Å². The molecule has 43 heavy (non-hydrogen) atoms. The number of hydrogen-bond acceptors (Lipinski definition) is 4. The maximum absolute atomic E-state index is 6.32. The molecule has 0 aliphatic heterocycles. The fraction of sp³-hybridized carbons (Fsp3) is 0.941. The third-order valence-corrected chi connectivity index (χ3v) is 11.6. The summed E-state index contributed by atoms with van der Waals surface area (Å²) in [6.45, 7) is 25.0. The molecule has 258 valence electrons. The molecule has 4 atom stereocenters. The van der Waals surface area contributed by atoms with E-state index in [-0.39, 0.29) is 0 Å². The van der Waals surface area contributed by atoms with Crippen molar-refractivity contribution in [2.24, 2.45) is 33.7 Å². The van der Waals surface area contributed by atoms with Crippen molar-refractivity contribution >= 4 is 48.4 Å². The molecule has 4 unspecified atom stereocenters. The van der Waals surface area contributed by atoms with Crippen molar-refractivity contribution < 1.29 is 21.5 Å². The van der Waals surface area contributed by atoms with Gasteiger partial charge < -0.3 is 8.85 Å². The zero-order valence-electron chi connectivity index (χ0n) is 29.6. The first-order valence-electron chi connectivity index (χ1n) is 17.6. The third kappa shape index (κ3) is 16.9.